The van der Waals surface area contributed by atoms with Crippen LogP contribution in [0, 0.1) is 0 Å². The molecule has 1 amide bonds. The van der Waals surface area contributed by atoms with Gasteiger partial charge in [-0.05, 0) is 38.1 Å². The van der Waals surface area contributed by atoms with E-state index < -0.39 is 11.6 Å². The Kier molecular flexibility index (Phi) is 7.27. The van der Waals surface area contributed by atoms with E-state index in [0.29, 0.717) is 35.8 Å². The van der Waals surface area contributed by atoms with Crippen molar-refractivity contribution in [1.29, 1.82) is 0 Å². The van der Waals surface area contributed by atoms with Gasteiger partial charge in [-0.2, -0.15) is 0 Å². The molecule has 0 aliphatic rings. The van der Waals surface area contributed by atoms with E-state index in [-0.39, 0.29) is 18.0 Å². The summed E-state index contributed by atoms with van der Waals surface area (Å²) >= 11 is 0. The first-order chi connectivity index (χ1) is 15.7. The van der Waals surface area contributed by atoms with Crippen molar-refractivity contribution in [2.75, 3.05) is 6.54 Å². The van der Waals surface area contributed by atoms with Crippen molar-refractivity contribution in [3.05, 3.63) is 82.4 Å². The molecule has 8 heteroatoms. The lowest BCUT2D eigenvalue weighted by Crippen LogP contribution is -2.37. The third kappa shape index (κ3) is 5.85. The molecule has 0 spiro atoms. The number of carboxylic acid groups (broad SMARTS) is 1. The Balaban J connectivity index is 1.63. The average molecular weight is 450 g/mol. The van der Waals surface area contributed by atoms with E-state index in [4.69, 9.17) is 9.84 Å². The topological polar surface area (TPSA) is 111 Å². The normalized spacial score (nSPS) is 11.1. The summed E-state index contributed by atoms with van der Waals surface area (Å²) < 4.78 is 7.01. The number of benzene rings is 2. The summed E-state index contributed by atoms with van der Waals surface area (Å²) in [4.78, 5) is 41.0. The predicted molar refractivity (Wildman–Crippen MR) is 124 cm³/mol. The van der Waals surface area contributed by atoms with Gasteiger partial charge in [-0.15, -0.1) is 0 Å². The summed E-state index contributed by atoms with van der Waals surface area (Å²) in [7, 11) is 0. The van der Waals surface area contributed by atoms with Gasteiger partial charge in [0.25, 0.3) is 11.5 Å². The molecule has 0 unspecified atom stereocenters. The molecule has 2 aromatic carbocycles. The number of hydrogen-bond acceptors (Lipinski definition) is 5. The third-order valence-corrected chi connectivity index (χ3v) is 5.10. The van der Waals surface area contributed by atoms with Crippen molar-refractivity contribution in [2.45, 2.75) is 39.3 Å². The number of ether oxygens (including phenoxy) is 1. The fourth-order valence-corrected chi connectivity index (χ4v) is 3.22. The Morgan fingerprint density at radius 1 is 1.09 bits per heavy atom. The van der Waals surface area contributed by atoms with Crippen LogP contribution in [-0.2, 0) is 17.8 Å². The van der Waals surface area contributed by atoms with Gasteiger partial charge in [-0.25, -0.2) is 9.78 Å². The second kappa shape index (κ2) is 10.1. The maximum atomic E-state index is 12.7. The van der Waals surface area contributed by atoms with Crippen molar-refractivity contribution in [1.82, 2.24) is 14.9 Å². The van der Waals surface area contributed by atoms with Crippen LogP contribution in [0.3, 0.4) is 0 Å². The van der Waals surface area contributed by atoms with E-state index in [1.807, 2.05) is 37.3 Å². The van der Waals surface area contributed by atoms with Gasteiger partial charge in [-0.1, -0.05) is 37.3 Å². The van der Waals surface area contributed by atoms with Crippen LogP contribution in [0.2, 0.25) is 0 Å². The fraction of sp³-hybridized carbons (Fsp3) is 0.280. The first-order valence-corrected chi connectivity index (χ1v) is 10.7. The van der Waals surface area contributed by atoms with Gasteiger partial charge in [0.1, 0.15) is 11.6 Å². The molecule has 0 radical (unpaired) electrons. The molecule has 0 bridgehead atoms. The van der Waals surface area contributed by atoms with Crippen LogP contribution in [0.25, 0.3) is 11.3 Å². The lowest BCUT2D eigenvalue weighted by Gasteiger charge is -2.21. The summed E-state index contributed by atoms with van der Waals surface area (Å²) in [6, 6.07) is 17.2. The van der Waals surface area contributed by atoms with E-state index in [9.17, 15) is 14.4 Å². The number of aliphatic carboxylic acids is 1. The van der Waals surface area contributed by atoms with Gasteiger partial charge >= 0.3 is 5.97 Å². The Morgan fingerprint density at radius 2 is 1.76 bits per heavy atom. The van der Waals surface area contributed by atoms with Gasteiger partial charge in [0, 0.05) is 36.7 Å². The van der Waals surface area contributed by atoms with E-state index >= 15 is 0 Å². The summed E-state index contributed by atoms with van der Waals surface area (Å²) in [5, 5.41) is 11.9. The molecule has 3 rings (SSSR count). The van der Waals surface area contributed by atoms with Crippen molar-refractivity contribution >= 4 is 11.9 Å². The zero-order valence-corrected chi connectivity index (χ0v) is 18.9. The molecular formula is C25H27N3O5. The quantitative estimate of drug-likeness (QED) is 0.519. The highest BCUT2D eigenvalue weighted by atomic mass is 16.5. The molecule has 3 aromatic rings. The smallest absolute Gasteiger partial charge is 0.347 e. The molecule has 0 fully saturated rings. The Hall–Kier alpha value is -3.94. The van der Waals surface area contributed by atoms with Crippen molar-refractivity contribution in [2.24, 2.45) is 0 Å². The van der Waals surface area contributed by atoms with Crippen molar-refractivity contribution in [3.8, 4) is 17.0 Å². The maximum Gasteiger partial charge on any atom is 0.347 e. The minimum Gasteiger partial charge on any atom is -0.478 e. The number of carbonyl (C=O) groups excluding carboxylic acids is 1. The number of hydrogen-bond donors (Lipinski definition) is 2. The highest BCUT2D eigenvalue weighted by Crippen LogP contribution is 2.19. The van der Waals surface area contributed by atoms with Gasteiger partial charge in [0.05, 0.1) is 5.69 Å². The fourth-order valence-electron chi connectivity index (χ4n) is 3.22. The zero-order valence-electron chi connectivity index (χ0n) is 18.9. The van der Waals surface area contributed by atoms with Crippen LogP contribution < -0.4 is 15.6 Å². The molecule has 8 nitrogen and oxygen atoms in total. The van der Waals surface area contributed by atoms with Gasteiger partial charge in [0.15, 0.2) is 5.60 Å². The van der Waals surface area contributed by atoms with E-state index in [0.717, 1.165) is 5.56 Å². The molecular weight excluding hydrogens is 422 g/mol. The molecule has 0 saturated heterocycles. The number of nitrogens with one attached hydrogen (secondary N) is 1. The van der Waals surface area contributed by atoms with Gasteiger partial charge < -0.3 is 15.2 Å². The Morgan fingerprint density at radius 3 is 2.36 bits per heavy atom. The standard InChI is InChI=1S/C25H27N3O5/c1-4-21-27-20(17-8-6-5-7-9-17)16-22(29)28(21)15-14-26-23(30)18-10-12-19(13-11-18)33-25(2,3)24(31)32/h5-13,16H,4,14-15H2,1-3H3,(H,26,30)(H,31,32). The highest BCUT2D eigenvalue weighted by Gasteiger charge is 2.29. The summed E-state index contributed by atoms with van der Waals surface area (Å²) in [6.07, 6.45) is 0.581. The van der Waals surface area contributed by atoms with Crippen LogP contribution in [0.15, 0.2) is 65.5 Å². The molecule has 2 N–H and O–H groups in total. The summed E-state index contributed by atoms with van der Waals surface area (Å²) in [5.74, 6) is -0.392. The molecule has 1 aromatic heterocycles. The minimum absolute atomic E-state index is 0.169. The molecule has 172 valence electrons. The molecule has 33 heavy (non-hydrogen) atoms. The molecule has 0 saturated carbocycles. The number of nitrogens with zero attached hydrogens (tertiary/aromatic N) is 2. The molecule has 0 atom stereocenters. The lowest BCUT2D eigenvalue weighted by molar-refractivity contribution is -0.152. The molecule has 0 aliphatic heterocycles. The number of amides is 1. The number of carboxylic acids is 1. The predicted octanol–water partition coefficient (Wildman–Crippen LogP) is 3.14. The second-order valence-corrected chi connectivity index (χ2v) is 7.96. The van der Waals surface area contributed by atoms with Crippen LogP contribution in [0.4, 0.5) is 0 Å². The van der Waals surface area contributed by atoms with E-state index in [1.54, 1.807) is 28.8 Å². The molecule has 0 aliphatic carbocycles. The maximum absolute atomic E-state index is 12.7. The number of aryl methyl sites for hydroxylation is 1. The van der Waals surface area contributed by atoms with Crippen LogP contribution in [-0.4, -0.2) is 38.7 Å². The van der Waals surface area contributed by atoms with Crippen LogP contribution in [0.5, 0.6) is 5.75 Å². The minimum atomic E-state index is -1.38. The monoisotopic (exact) mass is 449 g/mol. The number of carbonyl (C=O) groups is 2. The first kappa shape index (κ1) is 23.7. The Labute approximate surface area is 191 Å². The van der Waals surface area contributed by atoms with E-state index in [1.165, 1.54) is 19.9 Å². The zero-order chi connectivity index (χ0) is 24.0. The summed E-state index contributed by atoms with van der Waals surface area (Å²) in [6.45, 7) is 5.38. The highest BCUT2D eigenvalue weighted by molar-refractivity contribution is 5.94. The summed E-state index contributed by atoms with van der Waals surface area (Å²) in [5.41, 5.74) is 0.363. The number of rotatable bonds is 9. The van der Waals surface area contributed by atoms with Crippen LogP contribution in [0.1, 0.15) is 37.0 Å². The average Bonchev–Trinajstić information content (AvgIpc) is 2.80. The van der Waals surface area contributed by atoms with Crippen molar-refractivity contribution < 1.29 is 19.4 Å². The largest absolute Gasteiger partial charge is 0.478 e. The Bertz CT molecular complexity index is 1180. The SMILES string of the molecule is CCc1nc(-c2ccccc2)cc(=O)n1CCNC(=O)c1ccc(OC(C)(C)C(=O)O)cc1. The first-order valence-electron chi connectivity index (χ1n) is 10.7. The van der Waals surface area contributed by atoms with E-state index in [2.05, 4.69) is 10.3 Å². The van der Waals surface area contributed by atoms with Crippen LogP contribution >= 0.6 is 0 Å². The van der Waals surface area contributed by atoms with Gasteiger partial charge in [0.2, 0.25) is 0 Å². The van der Waals surface area contributed by atoms with Crippen molar-refractivity contribution in [3.63, 3.8) is 0 Å². The van der Waals surface area contributed by atoms with Gasteiger partial charge in [-0.3, -0.25) is 14.2 Å². The number of aromatic nitrogens is 2. The lowest BCUT2D eigenvalue weighted by atomic mass is 10.1. The second-order valence-electron chi connectivity index (χ2n) is 7.96. The third-order valence-electron chi connectivity index (χ3n) is 5.10. The molecule has 1 heterocycles.